The number of carbonyl (C=O) groups excluding carboxylic acids is 1. The molecule has 124 valence electrons. The predicted octanol–water partition coefficient (Wildman–Crippen LogP) is 0.499. The standard InChI is InChI=1S/C15H21FN6O/c16-12-6-14(7-17)22(10-12)15(23)8-18-13-2-1-11(5-13)9-21-4-3-19-20-21/h3-4,11-14,18H,1-2,5-6,8-10H2. The Kier molecular flexibility index (Phi) is 4.86. The first-order chi connectivity index (χ1) is 11.2. The molecule has 1 amide bonds. The zero-order chi connectivity index (χ0) is 16.2. The number of alkyl halides is 1. The van der Waals surface area contributed by atoms with Crippen molar-refractivity contribution in [1.82, 2.24) is 25.2 Å². The van der Waals surface area contributed by atoms with Crippen molar-refractivity contribution in [2.45, 2.75) is 50.5 Å². The minimum atomic E-state index is -1.08. The van der Waals surface area contributed by atoms with Gasteiger partial charge in [0.1, 0.15) is 12.2 Å². The zero-order valence-corrected chi connectivity index (χ0v) is 12.9. The molecule has 4 atom stereocenters. The van der Waals surface area contributed by atoms with Crippen molar-refractivity contribution in [3.63, 3.8) is 0 Å². The highest BCUT2D eigenvalue weighted by atomic mass is 19.1. The van der Waals surface area contributed by atoms with Gasteiger partial charge in [-0.05, 0) is 25.2 Å². The maximum absolute atomic E-state index is 13.4. The zero-order valence-electron chi connectivity index (χ0n) is 12.9. The van der Waals surface area contributed by atoms with E-state index in [9.17, 15) is 9.18 Å². The number of hydrogen-bond acceptors (Lipinski definition) is 5. The highest BCUT2D eigenvalue weighted by Crippen LogP contribution is 2.27. The van der Waals surface area contributed by atoms with Gasteiger partial charge in [-0.1, -0.05) is 5.21 Å². The Morgan fingerprint density at radius 3 is 3.04 bits per heavy atom. The summed E-state index contributed by atoms with van der Waals surface area (Å²) >= 11 is 0. The Bertz CT molecular complexity index is 571. The largest absolute Gasteiger partial charge is 0.323 e. The molecule has 0 bridgehead atoms. The van der Waals surface area contributed by atoms with Gasteiger partial charge in [-0.3, -0.25) is 9.48 Å². The highest BCUT2D eigenvalue weighted by molar-refractivity contribution is 5.79. The molecule has 8 heteroatoms. The molecule has 23 heavy (non-hydrogen) atoms. The minimum absolute atomic E-state index is 0.0400. The van der Waals surface area contributed by atoms with Crippen molar-refractivity contribution >= 4 is 5.91 Å². The summed E-state index contributed by atoms with van der Waals surface area (Å²) in [7, 11) is 0. The lowest BCUT2D eigenvalue weighted by atomic mass is 10.1. The fraction of sp³-hybridized carbons (Fsp3) is 0.733. The number of halogens is 1. The second kappa shape index (κ2) is 7.04. The van der Waals surface area contributed by atoms with E-state index in [0.29, 0.717) is 5.92 Å². The average Bonchev–Trinajstić information content (AvgIpc) is 3.26. The molecule has 7 nitrogen and oxygen atoms in total. The Balaban J connectivity index is 1.42. The van der Waals surface area contributed by atoms with Gasteiger partial charge in [0.2, 0.25) is 5.91 Å². The van der Waals surface area contributed by atoms with Gasteiger partial charge < -0.3 is 10.2 Å². The number of likely N-dealkylation sites (tertiary alicyclic amines) is 1. The second-order valence-corrected chi connectivity index (χ2v) is 6.41. The number of carbonyl (C=O) groups is 1. The molecule has 0 radical (unpaired) electrons. The predicted molar refractivity (Wildman–Crippen MR) is 79.8 cm³/mol. The molecule has 1 aromatic rings. The molecule has 1 saturated heterocycles. The Morgan fingerprint density at radius 2 is 2.30 bits per heavy atom. The maximum Gasteiger partial charge on any atom is 0.237 e. The normalized spacial score (nSPS) is 30.5. The lowest BCUT2D eigenvalue weighted by Gasteiger charge is -2.21. The first-order valence-corrected chi connectivity index (χ1v) is 8.06. The summed E-state index contributed by atoms with van der Waals surface area (Å²) in [6, 6.07) is 1.67. The topological polar surface area (TPSA) is 86.8 Å². The molecule has 0 spiro atoms. The third-order valence-corrected chi connectivity index (χ3v) is 4.72. The molecule has 0 aromatic carbocycles. The van der Waals surface area contributed by atoms with E-state index >= 15 is 0 Å². The third-order valence-electron chi connectivity index (χ3n) is 4.72. The Hall–Kier alpha value is -2.01. The van der Waals surface area contributed by atoms with Gasteiger partial charge in [0, 0.05) is 25.2 Å². The van der Waals surface area contributed by atoms with E-state index in [-0.39, 0.29) is 31.5 Å². The number of aromatic nitrogens is 3. The van der Waals surface area contributed by atoms with Gasteiger partial charge in [0.05, 0.1) is 25.4 Å². The van der Waals surface area contributed by atoms with Gasteiger partial charge in [0.25, 0.3) is 0 Å². The van der Waals surface area contributed by atoms with Crippen molar-refractivity contribution < 1.29 is 9.18 Å². The van der Waals surface area contributed by atoms with Gasteiger partial charge >= 0.3 is 0 Å². The lowest BCUT2D eigenvalue weighted by molar-refractivity contribution is -0.130. The van der Waals surface area contributed by atoms with E-state index in [0.717, 1.165) is 25.8 Å². The van der Waals surface area contributed by atoms with Crippen LogP contribution in [-0.2, 0) is 11.3 Å². The molecule has 4 unspecified atom stereocenters. The molecule has 2 fully saturated rings. The van der Waals surface area contributed by atoms with E-state index in [1.807, 2.05) is 16.9 Å². The van der Waals surface area contributed by atoms with Crippen LogP contribution in [0.15, 0.2) is 12.4 Å². The smallest absolute Gasteiger partial charge is 0.237 e. The number of rotatable bonds is 5. The summed E-state index contributed by atoms with van der Waals surface area (Å²) in [4.78, 5) is 13.5. The molecular weight excluding hydrogens is 299 g/mol. The summed E-state index contributed by atoms with van der Waals surface area (Å²) in [5, 5.41) is 20.0. The number of amides is 1. The maximum atomic E-state index is 13.4. The van der Waals surface area contributed by atoms with E-state index in [4.69, 9.17) is 5.26 Å². The van der Waals surface area contributed by atoms with Crippen LogP contribution in [0.25, 0.3) is 0 Å². The van der Waals surface area contributed by atoms with E-state index in [1.54, 1.807) is 6.20 Å². The van der Waals surface area contributed by atoms with E-state index in [1.165, 1.54) is 4.90 Å². The van der Waals surface area contributed by atoms with Crippen LogP contribution in [0, 0.1) is 17.2 Å². The first kappa shape index (κ1) is 15.9. The Morgan fingerprint density at radius 1 is 1.43 bits per heavy atom. The third kappa shape index (κ3) is 3.85. The summed E-state index contributed by atoms with van der Waals surface area (Å²) in [5.41, 5.74) is 0. The molecule has 1 N–H and O–H groups in total. The van der Waals surface area contributed by atoms with Crippen LogP contribution in [0.2, 0.25) is 0 Å². The Labute approximate surface area is 134 Å². The fourth-order valence-corrected chi connectivity index (χ4v) is 3.54. The molecular formula is C15H21FN6O. The van der Waals surface area contributed by atoms with Crippen molar-refractivity contribution in [3.8, 4) is 6.07 Å². The van der Waals surface area contributed by atoms with Crippen molar-refractivity contribution in [3.05, 3.63) is 12.4 Å². The molecule has 1 aliphatic heterocycles. The molecule has 1 saturated carbocycles. The average molecular weight is 320 g/mol. The number of hydrogen-bond donors (Lipinski definition) is 1. The fourth-order valence-electron chi connectivity index (χ4n) is 3.54. The van der Waals surface area contributed by atoms with E-state index < -0.39 is 12.2 Å². The van der Waals surface area contributed by atoms with Crippen LogP contribution in [0.1, 0.15) is 25.7 Å². The van der Waals surface area contributed by atoms with Crippen molar-refractivity contribution in [1.29, 1.82) is 5.26 Å². The van der Waals surface area contributed by atoms with Gasteiger partial charge in [-0.25, -0.2) is 4.39 Å². The van der Waals surface area contributed by atoms with Crippen molar-refractivity contribution in [2.24, 2.45) is 5.92 Å². The van der Waals surface area contributed by atoms with Crippen LogP contribution in [-0.4, -0.2) is 57.1 Å². The minimum Gasteiger partial charge on any atom is -0.323 e. The molecule has 1 aromatic heterocycles. The summed E-state index contributed by atoms with van der Waals surface area (Å²) in [5.74, 6) is 0.342. The molecule has 2 aliphatic rings. The van der Waals surface area contributed by atoms with Crippen LogP contribution < -0.4 is 5.32 Å². The first-order valence-electron chi connectivity index (χ1n) is 8.06. The van der Waals surface area contributed by atoms with Crippen LogP contribution in [0.4, 0.5) is 4.39 Å². The van der Waals surface area contributed by atoms with Gasteiger partial charge in [0.15, 0.2) is 0 Å². The molecule has 3 rings (SSSR count). The van der Waals surface area contributed by atoms with Crippen LogP contribution in [0.5, 0.6) is 0 Å². The molecule has 1 aliphatic carbocycles. The number of nitriles is 1. The quantitative estimate of drug-likeness (QED) is 0.853. The SMILES string of the molecule is N#CC1CC(F)CN1C(=O)CNC1CCC(Cn2ccnn2)C1. The summed E-state index contributed by atoms with van der Waals surface area (Å²) in [6.07, 6.45) is 5.66. The summed E-state index contributed by atoms with van der Waals surface area (Å²) < 4.78 is 15.2. The number of nitrogens with zero attached hydrogens (tertiary/aromatic N) is 5. The monoisotopic (exact) mass is 320 g/mol. The van der Waals surface area contributed by atoms with Crippen LogP contribution in [0.3, 0.4) is 0 Å². The van der Waals surface area contributed by atoms with Gasteiger partial charge in [-0.15, -0.1) is 5.10 Å². The highest BCUT2D eigenvalue weighted by Gasteiger charge is 2.35. The second-order valence-electron chi connectivity index (χ2n) is 6.41. The molecule has 2 heterocycles. The summed E-state index contributed by atoms with van der Waals surface area (Å²) in [6.45, 7) is 1.06. The number of nitrogens with one attached hydrogen (secondary N) is 1. The van der Waals surface area contributed by atoms with Gasteiger partial charge in [-0.2, -0.15) is 5.26 Å². The van der Waals surface area contributed by atoms with Crippen LogP contribution >= 0.6 is 0 Å². The van der Waals surface area contributed by atoms with Crippen molar-refractivity contribution in [2.75, 3.05) is 13.1 Å². The lowest BCUT2D eigenvalue weighted by Crippen LogP contribution is -2.43. The van der Waals surface area contributed by atoms with E-state index in [2.05, 4.69) is 15.6 Å².